The van der Waals surface area contributed by atoms with Crippen molar-refractivity contribution in [1.29, 1.82) is 0 Å². The van der Waals surface area contributed by atoms with Crippen LogP contribution in [0.25, 0.3) is 0 Å². The highest BCUT2D eigenvalue weighted by atomic mass is 16.2. The molecule has 1 saturated carbocycles. The average Bonchev–Trinajstić information content (AvgIpc) is 3.32. The van der Waals surface area contributed by atoms with Gasteiger partial charge in [-0.3, -0.25) is 9.59 Å². The molecule has 2 aliphatic rings. The number of rotatable bonds is 11. The minimum Gasteiger partial charge on any atom is -0.368 e. The number of nitrogens with one attached hydrogen (secondary N) is 1. The molecule has 5 heteroatoms. The molecule has 1 N–H and O–H groups in total. The summed E-state index contributed by atoms with van der Waals surface area (Å²) >= 11 is 0. The van der Waals surface area contributed by atoms with E-state index in [1.807, 2.05) is 17.0 Å². The molecule has 0 aromatic heterocycles. The van der Waals surface area contributed by atoms with Crippen LogP contribution in [0.3, 0.4) is 0 Å². The molecule has 3 rings (SSSR count). The first-order valence-corrected chi connectivity index (χ1v) is 12.6. The Balaban J connectivity index is 1.35. The molecule has 31 heavy (non-hydrogen) atoms. The van der Waals surface area contributed by atoms with Gasteiger partial charge in [-0.25, -0.2) is 0 Å². The topological polar surface area (TPSA) is 52.7 Å². The maximum Gasteiger partial charge on any atom is 0.224 e. The van der Waals surface area contributed by atoms with E-state index in [9.17, 15) is 9.59 Å². The lowest BCUT2D eigenvalue weighted by Crippen LogP contribution is -2.48. The van der Waals surface area contributed by atoms with E-state index in [0.29, 0.717) is 18.7 Å². The van der Waals surface area contributed by atoms with Gasteiger partial charge in [-0.15, -0.1) is 0 Å². The third-order valence-electron chi connectivity index (χ3n) is 6.90. The van der Waals surface area contributed by atoms with Gasteiger partial charge in [-0.05, 0) is 43.0 Å². The minimum atomic E-state index is 0.126. The lowest BCUT2D eigenvalue weighted by Gasteiger charge is -2.36. The Morgan fingerprint density at radius 1 is 0.903 bits per heavy atom. The molecule has 1 aliphatic heterocycles. The lowest BCUT2D eigenvalue weighted by molar-refractivity contribution is -0.131. The maximum atomic E-state index is 12.4. The highest BCUT2D eigenvalue weighted by Gasteiger charge is 2.21. The van der Waals surface area contributed by atoms with Crippen molar-refractivity contribution in [3.8, 4) is 0 Å². The first-order valence-electron chi connectivity index (χ1n) is 12.6. The molecule has 1 saturated heterocycles. The monoisotopic (exact) mass is 427 g/mol. The molecule has 172 valence electrons. The van der Waals surface area contributed by atoms with Gasteiger partial charge >= 0.3 is 0 Å². The number of hydrogen-bond donors (Lipinski definition) is 1. The Bertz CT molecular complexity index is 674. The second-order valence-corrected chi connectivity index (χ2v) is 9.32. The highest BCUT2D eigenvalue weighted by Crippen LogP contribution is 2.28. The molecule has 2 amide bonds. The number of hydrogen-bond acceptors (Lipinski definition) is 3. The summed E-state index contributed by atoms with van der Waals surface area (Å²) in [4.78, 5) is 29.0. The quantitative estimate of drug-likeness (QED) is 0.467. The standard InChI is InChI=1S/C26H41N3O2/c1-2-3-4-5-6-11-26(31)29-20-18-28(19-21-29)24-15-13-23(14-16-24)27-25(30)17-12-22-9-7-8-10-22/h13-16,22H,2-12,17-21H2,1H3,(H,27,30). The minimum absolute atomic E-state index is 0.126. The van der Waals surface area contributed by atoms with Gasteiger partial charge in [0.15, 0.2) is 0 Å². The summed E-state index contributed by atoms with van der Waals surface area (Å²) in [7, 11) is 0. The second kappa shape index (κ2) is 12.7. The molecule has 1 aromatic carbocycles. The molecule has 1 aliphatic carbocycles. The van der Waals surface area contributed by atoms with Crippen LogP contribution in [0.5, 0.6) is 0 Å². The number of carbonyl (C=O) groups is 2. The van der Waals surface area contributed by atoms with E-state index in [1.165, 1.54) is 51.4 Å². The summed E-state index contributed by atoms with van der Waals surface area (Å²) in [5.41, 5.74) is 2.03. The first-order chi connectivity index (χ1) is 15.2. The van der Waals surface area contributed by atoms with Gasteiger partial charge in [0.2, 0.25) is 11.8 Å². The van der Waals surface area contributed by atoms with E-state index < -0.39 is 0 Å². The number of carbonyl (C=O) groups excluding carboxylic acids is 2. The van der Waals surface area contributed by atoms with Gasteiger partial charge < -0.3 is 15.1 Å². The number of unbranched alkanes of at least 4 members (excludes halogenated alkanes) is 4. The summed E-state index contributed by atoms with van der Waals surface area (Å²) in [6.45, 7) is 5.55. The fourth-order valence-corrected chi connectivity index (χ4v) is 4.87. The molecule has 0 radical (unpaired) electrons. The van der Waals surface area contributed by atoms with Gasteiger partial charge in [-0.2, -0.15) is 0 Å². The van der Waals surface area contributed by atoms with Crippen molar-refractivity contribution in [3.63, 3.8) is 0 Å². The van der Waals surface area contributed by atoms with Crippen molar-refractivity contribution in [2.45, 2.75) is 84.0 Å². The van der Waals surface area contributed by atoms with Crippen LogP contribution in [0.15, 0.2) is 24.3 Å². The maximum absolute atomic E-state index is 12.4. The van der Waals surface area contributed by atoms with Crippen LogP contribution in [0, 0.1) is 5.92 Å². The third-order valence-corrected chi connectivity index (χ3v) is 6.90. The number of benzene rings is 1. The third kappa shape index (κ3) is 7.86. The lowest BCUT2D eigenvalue weighted by atomic mass is 10.0. The Labute approximate surface area is 188 Å². The van der Waals surface area contributed by atoms with Gasteiger partial charge in [0, 0.05) is 50.4 Å². The van der Waals surface area contributed by atoms with Crippen LogP contribution in [0.2, 0.25) is 0 Å². The predicted molar refractivity (Wildman–Crippen MR) is 128 cm³/mol. The summed E-state index contributed by atoms with van der Waals surface area (Å²) in [6, 6.07) is 8.16. The Morgan fingerprint density at radius 2 is 1.58 bits per heavy atom. The number of piperazine rings is 1. The van der Waals surface area contributed by atoms with Gasteiger partial charge in [0.05, 0.1) is 0 Å². The Kier molecular flexibility index (Phi) is 9.70. The molecule has 1 aromatic rings. The van der Waals surface area contributed by atoms with Crippen molar-refractivity contribution in [2.24, 2.45) is 5.92 Å². The zero-order valence-corrected chi connectivity index (χ0v) is 19.4. The van der Waals surface area contributed by atoms with Crippen LogP contribution in [-0.2, 0) is 9.59 Å². The number of nitrogens with zero attached hydrogens (tertiary/aromatic N) is 2. The van der Waals surface area contributed by atoms with Crippen LogP contribution in [0.4, 0.5) is 11.4 Å². The number of amides is 2. The van der Waals surface area contributed by atoms with Crippen molar-refractivity contribution in [1.82, 2.24) is 4.90 Å². The first kappa shape index (κ1) is 23.6. The van der Waals surface area contributed by atoms with E-state index in [0.717, 1.165) is 56.3 Å². The van der Waals surface area contributed by atoms with Gasteiger partial charge in [0.1, 0.15) is 0 Å². The molecule has 0 atom stereocenters. The number of anilines is 2. The normalized spacial score (nSPS) is 17.2. The van der Waals surface area contributed by atoms with Crippen molar-refractivity contribution < 1.29 is 9.59 Å². The van der Waals surface area contributed by atoms with Crippen molar-refractivity contribution in [3.05, 3.63) is 24.3 Å². The summed E-state index contributed by atoms with van der Waals surface area (Å²) in [5.74, 6) is 1.19. The van der Waals surface area contributed by atoms with Crippen LogP contribution < -0.4 is 10.2 Å². The Hall–Kier alpha value is -2.04. The zero-order valence-electron chi connectivity index (χ0n) is 19.4. The van der Waals surface area contributed by atoms with E-state index in [4.69, 9.17) is 0 Å². The van der Waals surface area contributed by atoms with E-state index >= 15 is 0 Å². The second-order valence-electron chi connectivity index (χ2n) is 9.32. The zero-order chi connectivity index (χ0) is 21.9. The van der Waals surface area contributed by atoms with Crippen LogP contribution in [0.1, 0.15) is 84.0 Å². The summed E-state index contributed by atoms with van der Waals surface area (Å²) < 4.78 is 0. The molecular weight excluding hydrogens is 386 g/mol. The molecular formula is C26H41N3O2. The fraction of sp³-hybridized carbons (Fsp3) is 0.692. The van der Waals surface area contributed by atoms with Gasteiger partial charge in [-0.1, -0.05) is 58.3 Å². The van der Waals surface area contributed by atoms with E-state index in [1.54, 1.807) is 0 Å². The molecule has 2 fully saturated rings. The Morgan fingerprint density at radius 3 is 2.26 bits per heavy atom. The van der Waals surface area contributed by atoms with Crippen molar-refractivity contribution in [2.75, 3.05) is 36.4 Å². The van der Waals surface area contributed by atoms with Crippen molar-refractivity contribution >= 4 is 23.2 Å². The molecule has 5 nitrogen and oxygen atoms in total. The van der Waals surface area contributed by atoms with Gasteiger partial charge in [0.25, 0.3) is 0 Å². The summed E-state index contributed by atoms with van der Waals surface area (Å²) in [5, 5.41) is 3.04. The largest absolute Gasteiger partial charge is 0.368 e. The predicted octanol–water partition coefficient (Wildman–Crippen LogP) is 5.60. The van der Waals surface area contributed by atoms with E-state index in [2.05, 4.69) is 29.3 Å². The van der Waals surface area contributed by atoms with Crippen LogP contribution in [-0.4, -0.2) is 42.9 Å². The molecule has 0 bridgehead atoms. The molecule has 0 unspecified atom stereocenters. The molecule has 1 heterocycles. The average molecular weight is 428 g/mol. The highest BCUT2D eigenvalue weighted by molar-refractivity contribution is 5.90. The van der Waals surface area contributed by atoms with Crippen LogP contribution >= 0.6 is 0 Å². The fourth-order valence-electron chi connectivity index (χ4n) is 4.87. The summed E-state index contributed by atoms with van der Waals surface area (Å²) in [6.07, 6.45) is 13.5. The molecule has 0 spiro atoms. The SMILES string of the molecule is CCCCCCCC(=O)N1CCN(c2ccc(NC(=O)CCC3CCCC3)cc2)CC1. The smallest absolute Gasteiger partial charge is 0.224 e. The van der Waals surface area contributed by atoms with E-state index in [-0.39, 0.29) is 5.91 Å².